The minimum Gasteiger partial charge on any atom is -0.384 e. The largest absolute Gasteiger partial charge is 0.384 e. The number of sulfonamides is 1. The first-order valence-corrected chi connectivity index (χ1v) is 7.18. The van der Waals surface area contributed by atoms with E-state index in [0.717, 1.165) is 4.88 Å². The van der Waals surface area contributed by atoms with Gasteiger partial charge in [0.25, 0.3) is 0 Å². The third kappa shape index (κ3) is 3.02. The molecule has 2 aromatic rings. The summed E-state index contributed by atoms with van der Waals surface area (Å²) in [6.45, 7) is 0.282. The van der Waals surface area contributed by atoms with Gasteiger partial charge in [0.05, 0.1) is 0 Å². The first-order chi connectivity index (χ1) is 8.08. The van der Waals surface area contributed by atoms with Crippen LogP contribution in [0.1, 0.15) is 4.88 Å². The average Bonchev–Trinajstić information content (AvgIpc) is 2.80. The zero-order chi connectivity index (χ0) is 12.3. The predicted molar refractivity (Wildman–Crippen MR) is 67.0 cm³/mol. The van der Waals surface area contributed by atoms with E-state index < -0.39 is 10.0 Å². The van der Waals surface area contributed by atoms with Crippen LogP contribution in [-0.4, -0.2) is 13.4 Å². The Morgan fingerprint density at radius 2 is 2.18 bits per heavy atom. The Bertz CT molecular complexity index is 577. The molecule has 2 heterocycles. The molecular weight excluding hydrogens is 258 g/mol. The van der Waals surface area contributed by atoms with Gasteiger partial charge >= 0.3 is 0 Å². The fraction of sp³-hybridized carbons (Fsp3) is 0.100. The molecule has 17 heavy (non-hydrogen) atoms. The van der Waals surface area contributed by atoms with Crippen molar-refractivity contribution in [3.05, 3.63) is 40.7 Å². The summed E-state index contributed by atoms with van der Waals surface area (Å²) >= 11 is 1.50. The number of nitrogens with one attached hydrogen (secondary N) is 1. The van der Waals surface area contributed by atoms with E-state index in [1.807, 2.05) is 17.5 Å². The minimum absolute atomic E-state index is 0.114. The van der Waals surface area contributed by atoms with Gasteiger partial charge in [0.15, 0.2) is 0 Å². The molecule has 0 saturated carbocycles. The number of nitrogen functional groups attached to an aromatic ring is 1. The van der Waals surface area contributed by atoms with Crippen LogP contribution in [0, 0.1) is 0 Å². The summed E-state index contributed by atoms with van der Waals surface area (Å²) in [6.07, 6.45) is 1.24. The number of nitrogens with zero attached hydrogens (tertiary/aromatic N) is 1. The molecular formula is C10H11N3O2S2. The van der Waals surface area contributed by atoms with Crippen molar-refractivity contribution in [3.8, 4) is 0 Å². The van der Waals surface area contributed by atoms with E-state index in [0.29, 0.717) is 5.82 Å². The van der Waals surface area contributed by atoms with Gasteiger partial charge in [-0.1, -0.05) is 6.07 Å². The van der Waals surface area contributed by atoms with Gasteiger partial charge in [-0.15, -0.1) is 11.3 Å². The van der Waals surface area contributed by atoms with Crippen LogP contribution in [0.2, 0.25) is 0 Å². The van der Waals surface area contributed by atoms with Crippen molar-refractivity contribution < 1.29 is 8.42 Å². The van der Waals surface area contributed by atoms with Crippen molar-refractivity contribution in [2.24, 2.45) is 0 Å². The van der Waals surface area contributed by atoms with E-state index in [1.165, 1.54) is 29.7 Å². The summed E-state index contributed by atoms with van der Waals surface area (Å²) in [5.74, 6) is 0.294. The van der Waals surface area contributed by atoms with E-state index in [4.69, 9.17) is 5.73 Å². The highest BCUT2D eigenvalue weighted by Crippen LogP contribution is 2.12. The number of hydrogen-bond acceptors (Lipinski definition) is 5. The Balaban J connectivity index is 2.11. The normalized spacial score (nSPS) is 11.5. The van der Waals surface area contributed by atoms with Crippen molar-refractivity contribution in [1.82, 2.24) is 9.71 Å². The zero-order valence-corrected chi connectivity index (χ0v) is 10.5. The zero-order valence-electron chi connectivity index (χ0n) is 8.83. The molecule has 2 rings (SSSR count). The van der Waals surface area contributed by atoms with Gasteiger partial charge in [0.1, 0.15) is 10.7 Å². The third-order valence-corrected chi connectivity index (χ3v) is 4.35. The number of nitrogens with two attached hydrogens (primary N) is 1. The molecule has 0 spiro atoms. The molecule has 0 radical (unpaired) electrons. The lowest BCUT2D eigenvalue weighted by molar-refractivity contribution is 0.581. The predicted octanol–water partition coefficient (Wildman–Crippen LogP) is 1.20. The lowest BCUT2D eigenvalue weighted by Crippen LogP contribution is -2.22. The van der Waals surface area contributed by atoms with E-state index in [1.54, 1.807) is 0 Å². The lowest BCUT2D eigenvalue weighted by atomic mass is 10.5. The fourth-order valence-corrected chi connectivity index (χ4v) is 2.90. The lowest BCUT2D eigenvalue weighted by Gasteiger charge is -2.05. The highest BCUT2D eigenvalue weighted by atomic mass is 32.2. The Morgan fingerprint density at radius 1 is 1.35 bits per heavy atom. The molecule has 0 fully saturated rings. The quantitative estimate of drug-likeness (QED) is 0.873. The number of hydrogen-bond donors (Lipinski definition) is 2. The standard InChI is InChI=1S/C10H11N3O2S2/c11-10-4-3-9(7-12-10)17(14,15)13-6-8-2-1-5-16-8/h1-5,7,13H,6H2,(H2,11,12). The van der Waals surface area contributed by atoms with Crippen LogP contribution in [0.5, 0.6) is 0 Å². The molecule has 0 aliphatic rings. The van der Waals surface area contributed by atoms with E-state index in [-0.39, 0.29) is 11.4 Å². The van der Waals surface area contributed by atoms with Crippen LogP contribution in [0.15, 0.2) is 40.7 Å². The molecule has 0 bridgehead atoms. The highest BCUT2D eigenvalue weighted by molar-refractivity contribution is 7.89. The monoisotopic (exact) mass is 269 g/mol. The van der Waals surface area contributed by atoms with Crippen molar-refractivity contribution in [2.75, 3.05) is 5.73 Å². The van der Waals surface area contributed by atoms with Crippen molar-refractivity contribution in [1.29, 1.82) is 0 Å². The molecule has 2 aromatic heterocycles. The summed E-state index contributed by atoms with van der Waals surface area (Å²) in [5.41, 5.74) is 5.40. The molecule has 0 aliphatic heterocycles. The Labute approximate surface area is 103 Å². The summed E-state index contributed by atoms with van der Waals surface area (Å²) < 4.78 is 26.2. The highest BCUT2D eigenvalue weighted by Gasteiger charge is 2.13. The maximum absolute atomic E-state index is 11.9. The van der Waals surface area contributed by atoms with Crippen molar-refractivity contribution >= 4 is 27.2 Å². The molecule has 0 saturated heterocycles. The van der Waals surface area contributed by atoms with Crippen LogP contribution in [0.4, 0.5) is 5.82 Å². The second-order valence-electron chi connectivity index (χ2n) is 3.32. The second kappa shape index (κ2) is 4.82. The van der Waals surface area contributed by atoms with Crippen LogP contribution in [0.3, 0.4) is 0 Å². The van der Waals surface area contributed by atoms with Crippen LogP contribution in [0.25, 0.3) is 0 Å². The molecule has 0 unspecified atom stereocenters. The summed E-state index contributed by atoms with van der Waals surface area (Å²) in [4.78, 5) is 4.82. The van der Waals surface area contributed by atoms with Crippen LogP contribution >= 0.6 is 11.3 Å². The second-order valence-corrected chi connectivity index (χ2v) is 6.12. The van der Waals surface area contributed by atoms with Gasteiger partial charge in [0.2, 0.25) is 10.0 Å². The Morgan fingerprint density at radius 3 is 2.76 bits per heavy atom. The maximum atomic E-state index is 11.9. The minimum atomic E-state index is -3.51. The smallest absolute Gasteiger partial charge is 0.242 e. The molecule has 90 valence electrons. The van der Waals surface area contributed by atoms with Crippen molar-refractivity contribution in [3.63, 3.8) is 0 Å². The number of rotatable bonds is 4. The number of aromatic nitrogens is 1. The topological polar surface area (TPSA) is 85.1 Å². The van der Waals surface area contributed by atoms with Gasteiger partial charge in [0, 0.05) is 17.6 Å². The van der Waals surface area contributed by atoms with Crippen LogP contribution < -0.4 is 10.5 Å². The third-order valence-electron chi connectivity index (χ3n) is 2.09. The van der Waals surface area contributed by atoms with Gasteiger partial charge in [-0.05, 0) is 23.6 Å². The molecule has 0 aliphatic carbocycles. The Kier molecular flexibility index (Phi) is 3.41. The SMILES string of the molecule is Nc1ccc(S(=O)(=O)NCc2cccs2)cn1. The van der Waals surface area contributed by atoms with Crippen molar-refractivity contribution in [2.45, 2.75) is 11.4 Å². The summed E-state index contributed by atoms with van der Waals surface area (Å²) in [7, 11) is -3.51. The number of anilines is 1. The van der Waals surface area contributed by atoms with E-state index in [2.05, 4.69) is 9.71 Å². The molecule has 0 aromatic carbocycles. The number of thiophene rings is 1. The average molecular weight is 269 g/mol. The summed E-state index contributed by atoms with van der Waals surface area (Å²) in [6, 6.07) is 6.63. The molecule has 0 atom stereocenters. The fourth-order valence-electron chi connectivity index (χ4n) is 1.21. The van der Waals surface area contributed by atoms with Crippen LogP contribution in [-0.2, 0) is 16.6 Å². The van der Waals surface area contributed by atoms with E-state index >= 15 is 0 Å². The van der Waals surface area contributed by atoms with Gasteiger partial charge in [-0.25, -0.2) is 18.1 Å². The first-order valence-electron chi connectivity index (χ1n) is 4.81. The van der Waals surface area contributed by atoms with Gasteiger partial charge in [-0.2, -0.15) is 0 Å². The molecule has 7 heteroatoms. The molecule has 5 nitrogen and oxygen atoms in total. The Hall–Kier alpha value is -1.44. The summed E-state index contributed by atoms with van der Waals surface area (Å²) in [5, 5.41) is 1.90. The number of pyridine rings is 1. The maximum Gasteiger partial charge on any atom is 0.242 e. The molecule has 3 N–H and O–H groups in total. The van der Waals surface area contributed by atoms with Gasteiger partial charge in [-0.3, -0.25) is 0 Å². The molecule has 0 amide bonds. The van der Waals surface area contributed by atoms with E-state index in [9.17, 15) is 8.42 Å². The first kappa shape index (κ1) is 12.0. The van der Waals surface area contributed by atoms with Gasteiger partial charge < -0.3 is 5.73 Å².